The highest BCUT2D eigenvalue weighted by atomic mass is 35.5. The van der Waals surface area contributed by atoms with Crippen LogP contribution in [0.5, 0.6) is 0 Å². The van der Waals surface area contributed by atoms with Gasteiger partial charge in [0.05, 0.1) is 10.7 Å². The Kier molecular flexibility index (Phi) is 13.3. The summed E-state index contributed by atoms with van der Waals surface area (Å²) in [6.45, 7) is 10.8. The van der Waals surface area contributed by atoms with Gasteiger partial charge in [0.1, 0.15) is 4.88 Å². The molecule has 1 aromatic heterocycles. The molecule has 0 saturated heterocycles. The molecule has 1 aromatic rings. The molecule has 1 rings (SSSR count). The molecule has 0 aliphatic heterocycles. The van der Waals surface area contributed by atoms with Crippen molar-refractivity contribution in [1.29, 1.82) is 0 Å². The summed E-state index contributed by atoms with van der Waals surface area (Å²) in [6, 6.07) is 0. The first-order valence-corrected chi connectivity index (χ1v) is 7.81. The van der Waals surface area contributed by atoms with Crippen molar-refractivity contribution < 1.29 is 4.79 Å². The smallest absolute Gasteiger partial charge is 0.263 e. The molecule has 7 heteroatoms. The van der Waals surface area contributed by atoms with Gasteiger partial charge < -0.3 is 10.6 Å². The fraction of sp³-hybridized carbons (Fsp3) is 0.714. The van der Waals surface area contributed by atoms with Gasteiger partial charge in [-0.05, 0) is 32.2 Å². The quantitative estimate of drug-likeness (QED) is 0.703. The SMILES string of the molecule is CCCNCCNC(=O)c1sc(C)nc1CC(C)C.Cl.Cl. The van der Waals surface area contributed by atoms with Gasteiger partial charge in [-0.1, -0.05) is 20.8 Å². The van der Waals surface area contributed by atoms with Crippen molar-refractivity contribution in [2.75, 3.05) is 19.6 Å². The molecule has 2 N–H and O–H groups in total. The summed E-state index contributed by atoms with van der Waals surface area (Å²) < 4.78 is 0. The van der Waals surface area contributed by atoms with Crippen LogP contribution in [-0.2, 0) is 6.42 Å². The van der Waals surface area contributed by atoms with Crippen LogP contribution in [0.25, 0.3) is 0 Å². The first-order valence-electron chi connectivity index (χ1n) is 6.99. The van der Waals surface area contributed by atoms with E-state index in [2.05, 4.69) is 36.4 Å². The molecule has 0 atom stereocenters. The molecule has 0 spiro atoms. The van der Waals surface area contributed by atoms with Crippen LogP contribution in [0.2, 0.25) is 0 Å². The molecule has 0 unspecified atom stereocenters. The van der Waals surface area contributed by atoms with Crippen LogP contribution in [0.4, 0.5) is 0 Å². The maximum atomic E-state index is 12.1. The second-order valence-electron chi connectivity index (χ2n) is 5.11. The van der Waals surface area contributed by atoms with Gasteiger partial charge >= 0.3 is 0 Å². The first-order chi connectivity index (χ1) is 9.04. The number of hydrogen-bond acceptors (Lipinski definition) is 4. The second kappa shape index (κ2) is 12.2. The van der Waals surface area contributed by atoms with Crippen molar-refractivity contribution in [1.82, 2.24) is 15.6 Å². The lowest BCUT2D eigenvalue weighted by molar-refractivity contribution is 0.0956. The monoisotopic (exact) mass is 355 g/mol. The third-order valence-electron chi connectivity index (χ3n) is 2.63. The Balaban J connectivity index is 0. The van der Waals surface area contributed by atoms with Gasteiger partial charge in [-0.15, -0.1) is 36.2 Å². The van der Waals surface area contributed by atoms with Crippen LogP contribution in [-0.4, -0.2) is 30.5 Å². The predicted octanol–water partition coefficient (Wildman–Crippen LogP) is 3.22. The van der Waals surface area contributed by atoms with Gasteiger partial charge in [0.15, 0.2) is 0 Å². The fourth-order valence-corrected chi connectivity index (χ4v) is 2.68. The molecule has 0 fully saturated rings. The minimum Gasteiger partial charge on any atom is -0.350 e. The van der Waals surface area contributed by atoms with Crippen molar-refractivity contribution in [3.8, 4) is 0 Å². The number of aromatic nitrogens is 1. The summed E-state index contributed by atoms with van der Waals surface area (Å²) in [5.74, 6) is 0.527. The number of hydrogen-bond donors (Lipinski definition) is 2. The molecule has 0 aliphatic rings. The zero-order valence-electron chi connectivity index (χ0n) is 13.2. The Labute approximate surface area is 144 Å². The lowest BCUT2D eigenvalue weighted by atomic mass is 10.1. The van der Waals surface area contributed by atoms with Crippen LogP contribution in [0, 0.1) is 12.8 Å². The fourth-order valence-electron chi connectivity index (χ4n) is 1.82. The summed E-state index contributed by atoms with van der Waals surface area (Å²) in [5.41, 5.74) is 0.941. The molecule has 0 bridgehead atoms. The number of carbonyl (C=O) groups is 1. The normalized spacial score (nSPS) is 9.95. The van der Waals surface area contributed by atoms with Crippen LogP contribution in [0.3, 0.4) is 0 Å². The number of carbonyl (C=O) groups excluding carboxylic acids is 1. The Morgan fingerprint density at radius 2 is 1.90 bits per heavy atom. The summed E-state index contributed by atoms with van der Waals surface area (Å²) in [4.78, 5) is 17.4. The molecule has 1 heterocycles. The highest BCUT2D eigenvalue weighted by molar-refractivity contribution is 7.13. The zero-order chi connectivity index (χ0) is 14.3. The molecule has 0 radical (unpaired) electrons. The second-order valence-corrected chi connectivity index (χ2v) is 6.32. The van der Waals surface area contributed by atoms with E-state index < -0.39 is 0 Å². The highest BCUT2D eigenvalue weighted by Crippen LogP contribution is 2.20. The third-order valence-corrected chi connectivity index (χ3v) is 3.64. The van der Waals surface area contributed by atoms with E-state index >= 15 is 0 Å². The average molecular weight is 356 g/mol. The van der Waals surface area contributed by atoms with E-state index in [0.29, 0.717) is 12.5 Å². The van der Waals surface area contributed by atoms with Crippen molar-refractivity contribution in [2.45, 2.75) is 40.5 Å². The molecule has 0 aliphatic carbocycles. The first kappa shape index (κ1) is 22.9. The zero-order valence-corrected chi connectivity index (χ0v) is 15.6. The van der Waals surface area contributed by atoms with E-state index in [4.69, 9.17) is 0 Å². The van der Waals surface area contributed by atoms with E-state index in [1.807, 2.05) is 6.92 Å². The Morgan fingerprint density at radius 3 is 2.48 bits per heavy atom. The number of nitrogens with one attached hydrogen (secondary N) is 2. The lowest BCUT2D eigenvalue weighted by Gasteiger charge is -2.07. The Bertz CT molecular complexity index is 411. The average Bonchev–Trinajstić information content (AvgIpc) is 2.69. The summed E-state index contributed by atoms with van der Waals surface area (Å²) in [6.07, 6.45) is 1.97. The van der Waals surface area contributed by atoms with Gasteiger partial charge in [0.2, 0.25) is 0 Å². The Hall–Kier alpha value is -0.360. The van der Waals surface area contributed by atoms with E-state index in [0.717, 1.165) is 41.5 Å². The van der Waals surface area contributed by atoms with Crippen molar-refractivity contribution >= 4 is 42.1 Å². The number of amides is 1. The van der Waals surface area contributed by atoms with Gasteiger partial charge in [-0.3, -0.25) is 4.79 Å². The maximum absolute atomic E-state index is 12.1. The van der Waals surface area contributed by atoms with Crippen LogP contribution in [0.1, 0.15) is 47.6 Å². The summed E-state index contributed by atoms with van der Waals surface area (Å²) in [7, 11) is 0. The molecule has 1 amide bonds. The van der Waals surface area contributed by atoms with E-state index in [-0.39, 0.29) is 30.7 Å². The lowest BCUT2D eigenvalue weighted by Crippen LogP contribution is -2.32. The van der Waals surface area contributed by atoms with Gasteiger partial charge in [-0.25, -0.2) is 4.98 Å². The topological polar surface area (TPSA) is 54.0 Å². The minimum absolute atomic E-state index is 0. The van der Waals surface area contributed by atoms with Crippen LogP contribution < -0.4 is 10.6 Å². The van der Waals surface area contributed by atoms with Gasteiger partial charge in [0.25, 0.3) is 5.91 Å². The maximum Gasteiger partial charge on any atom is 0.263 e. The summed E-state index contributed by atoms with van der Waals surface area (Å²) >= 11 is 1.49. The third kappa shape index (κ3) is 8.61. The van der Waals surface area contributed by atoms with Crippen molar-refractivity contribution in [2.24, 2.45) is 5.92 Å². The molecule has 21 heavy (non-hydrogen) atoms. The molecule has 0 aromatic carbocycles. The number of halogens is 2. The highest BCUT2D eigenvalue weighted by Gasteiger charge is 2.16. The van der Waals surface area contributed by atoms with Crippen molar-refractivity contribution in [3.63, 3.8) is 0 Å². The van der Waals surface area contributed by atoms with Gasteiger partial charge in [0, 0.05) is 13.1 Å². The van der Waals surface area contributed by atoms with Crippen molar-refractivity contribution in [3.05, 3.63) is 15.6 Å². The van der Waals surface area contributed by atoms with E-state index in [1.165, 1.54) is 11.3 Å². The number of thiazole rings is 1. The predicted molar refractivity (Wildman–Crippen MR) is 95.4 cm³/mol. The van der Waals surface area contributed by atoms with Crippen LogP contribution in [0.15, 0.2) is 0 Å². The van der Waals surface area contributed by atoms with E-state index in [1.54, 1.807) is 0 Å². The van der Waals surface area contributed by atoms with E-state index in [9.17, 15) is 4.79 Å². The molecule has 4 nitrogen and oxygen atoms in total. The molecule has 124 valence electrons. The largest absolute Gasteiger partial charge is 0.350 e. The molecular weight excluding hydrogens is 329 g/mol. The summed E-state index contributed by atoms with van der Waals surface area (Å²) in [5, 5.41) is 7.18. The molecular formula is C14H27Cl2N3OS. The standard InChI is InChI=1S/C14H25N3OS.2ClH/c1-5-6-15-7-8-16-14(18)13-12(9-10(2)3)17-11(4)19-13;;/h10,15H,5-9H2,1-4H3,(H,16,18);2*1H. The number of nitrogens with zero attached hydrogens (tertiary/aromatic N) is 1. The van der Waals surface area contributed by atoms with Crippen LogP contribution >= 0.6 is 36.2 Å². The van der Waals surface area contributed by atoms with Gasteiger partial charge in [-0.2, -0.15) is 0 Å². The molecule has 0 saturated carbocycles. The number of aryl methyl sites for hydroxylation is 1. The number of rotatable bonds is 8. The minimum atomic E-state index is 0. The Morgan fingerprint density at radius 1 is 1.24 bits per heavy atom.